The van der Waals surface area contributed by atoms with Gasteiger partial charge in [-0.05, 0) is 85.7 Å². The SMILES string of the molecule is Cc1sc(CCC(O)C=C[C@H]2CCC(O)[C@@H]2CC=CCCCC(=O)O)cc1Br. The fourth-order valence-electron chi connectivity index (χ4n) is 3.69. The highest BCUT2D eigenvalue weighted by atomic mass is 79.9. The zero-order valence-electron chi connectivity index (χ0n) is 16.4. The van der Waals surface area contributed by atoms with Gasteiger partial charge in [-0.2, -0.15) is 0 Å². The third-order valence-electron chi connectivity index (χ3n) is 5.35. The van der Waals surface area contributed by atoms with Gasteiger partial charge in [0.05, 0.1) is 12.2 Å². The van der Waals surface area contributed by atoms with Crippen LogP contribution >= 0.6 is 27.3 Å². The molecule has 28 heavy (non-hydrogen) atoms. The summed E-state index contributed by atoms with van der Waals surface area (Å²) < 4.78 is 1.14. The lowest BCUT2D eigenvalue weighted by Crippen LogP contribution is -2.17. The monoisotopic (exact) mass is 470 g/mol. The van der Waals surface area contributed by atoms with E-state index in [4.69, 9.17) is 5.11 Å². The fourth-order valence-corrected chi connectivity index (χ4v) is 5.31. The van der Waals surface area contributed by atoms with Crippen LogP contribution in [0, 0.1) is 18.8 Å². The first kappa shape index (κ1) is 23.3. The van der Waals surface area contributed by atoms with Crippen LogP contribution in [0.5, 0.6) is 0 Å². The number of unbranched alkanes of at least 4 members (excludes halogenated alkanes) is 1. The molecular weight excluding hydrogens is 440 g/mol. The van der Waals surface area contributed by atoms with Gasteiger partial charge in [-0.3, -0.25) is 4.79 Å². The zero-order valence-corrected chi connectivity index (χ0v) is 18.8. The summed E-state index contributed by atoms with van der Waals surface area (Å²) in [6, 6.07) is 2.13. The number of allylic oxidation sites excluding steroid dienone is 3. The molecular formula is C22H31BrO4S. The number of carboxylic acid groups (broad SMARTS) is 1. The normalized spacial score (nSPS) is 23.8. The van der Waals surface area contributed by atoms with Gasteiger partial charge in [0, 0.05) is 20.6 Å². The maximum Gasteiger partial charge on any atom is 0.303 e. The molecule has 0 aromatic carbocycles. The van der Waals surface area contributed by atoms with E-state index < -0.39 is 12.1 Å². The number of aliphatic carboxylic acids is 1. The molecule has 2 rings (SSSR count). The van der Waals surface area contributed by atoms with Crippen LogP contribution in [0.3, 0.4) is 0 Å². The highest BCUT2D eigenvalue weighted by molar-refractivity contribution is 9.10. The van der Waals surface area contributed by atoms with E-state index in [9.17, 15) is 15.0 Å². The van der Waals surface area contributed by atoms with Crippen LogP contribution in [-0.4, -0.2) is 33.5 Å². The van der Waals surface area contributed by atoms with Crippen LogP contribution < -0.4 is 0 Å². The number of hydrogen-bond donors (Lipinski definition) is 3. The average Bonchev–Trinajstić information content (AvgIpc) is 3.16. The number of thiophene rings is 1. The molecule has 1 aromatic heterocycles. The summed E-state index contributed by atoms with van der Waals surface area (Å²) in [7, 11) is 0. The average molecular weight is 471 g/mol. The molecule has 0 bridgehead atoms. The standard InChI is InChI=1S/C22H31BrO4S/c1-15-20(23)14-18(28-15)12-11-17(24)10-8-16-9-13-21(25)19(16)6-4-2-3-5-7-22(26)27/h2,4,8,10,14,16-17,19,21,24-25H,3,5-7,9,11-13H2,1H3,(H,26,27)/t16-,17?,19+,21?/m0/s1. The molecule has 0 saturated heterocycles. The van der Waals surface area contributed by atoms with Gasteiger partial charge < -0.3 is 15.3 Å². The van der Waals surface area contributed by atoms with Gasteiger partial charge in [0.2, 0.25) is 0 Å². The van der Waals surface area contributed by atoms with Gasteiger partial charge in [0.1, 0.15) is 0 Å². The van der Waals surface area contributed by atoms with E-state index in [-0.39, 0.29) is 24.4 Å². The van der Waals surface area contributed by atoms with Gasteiger partial charge in [-0.15, -0.1) is 11.3 Å². The second-order valence-electron chi connectivity index (χ2n) is 7.57. The van der Waals surface area contributed by atoms with Crippen LogP contribution in [0.25, 0.3) is 0 Å². The molecule has 1 aliphatic rings. The van der Waals surface area contributed by atoms with Gasteiger partial charge in [-0.25, -0.2) is 0 Å². The van der Waals surface area contributed by atoms with E-state index in [1.165, 1.54) is 9.75 Å². The minimum atomic E-state index is -0.759. The van der Waals surface area contributed by atoms with E-state index >= 15 is 0 Å². The molecule has 1 aliphatic carbocycles. The van der Waals surface area contributed by atoms with Gasteiger partial charge in [0.15, 0.2) is 0 Å². The quantitative estimate of drug-likeness (QED) is 0.304. The van der Waals surface area contributed by atoms with Gasteiger partial charge >= 0.3 is 5.97 Å². The van der Waals surface area contributed by atoms with E-state index in [1.807, 2.05) is 12.2 Å². The van der Waals surface area contributed by atoms with Crippen molar-refractivity contribution in [2.45, 2.75) is 70.5 Å². The summed E-state index contributed by atoms with van der Waals surface area (Å²) in [6.45, 7) is 2.08. The number of rotatable bonds is 11. The third-order valence-corrected chi connectivity index (χ3v) is 7.55. The molecule has 1 aromatic rings. The first-order chi connectivity index (χ1) is 13.4. The Bertz CT molecular complexity index is 663. The molecule has 1 fully saturated rings. The molecule has 0 aliphatic heterocycles. The van der Waals surface area contributed by atoms with Crippen LogP contribution in [0.15, 0.2) is 34.8 Å². The summed E-state index contributed by atoms with van der Waals surface area (Å²) >= 11 is 5.29. The van der Waals surface area contributed by atoms with E-state index in [0.29, 0.717) is 12.8 Å². The maximum atomic E-state index is 10.5. The minimum Gasteiger partial charge on any atom is -0.481 e. The summed E-state index contributed by atoms with van der Waals surface area (Å²) in [5.41, 5.74) is 0. The smallest absolute Gasteiger partial charge is 0.303 e. The number of aryl methyl sites for hydroxylation is 2. The van der Waals surface area contributed by atoms with Crippen molar-refractivity contribution in [2.75, 3.05) is 0 Å². The first-order valence-electron chi connectivity index (χ1n) is 10.0. The van der Waals surface area contributed by atoms with Crippen molar-refractivity contribution >= 4 is 33.2 Å². The molecule has 156 valence electrons. The van der Waals surface area contributed by atoms with Crippen molar-refractivity contribution in [1.82, 2.24) is 0 Å². The Morgan fingerprint density at radius 3 is 2.86 bits per heavy atom. The predicted molar refractivity (Wildman–Crippen MR) is 118 cm³/mol. The molecule has 2 unspecified atom stereocenters. The molecule has 0 amide bonds. The largest absolute Gasteiger partial charge is 0.481 e. The number of halogens is 1. The zero-order chi connectivity index (χ0) is 20.5. The van der Waals surface area contributed by atoms with Crippen molar-refractivity contribution in [3.8, 4) is 0 Å². The number of aliphatic hydroxyl groups is 2. The molecule has 6 heteroatoms. The molecule has 4 nitrogen and oxygen atoms in total. The number of carbonyl (C=O) groups is 1. The number of hydrogen-bond acceptors (Lipinski definition) is 4. The number of aliphatic hydroxyl groups excluding tert-OH is 2. The van der Waals surface area contributed by atoms with Crippen molar-refractivity contribution in [1.29, 1.82) is 0 Å². The maximum absolute atomic E-state index is 10.5. The Morgan fingerprint density at radius 2 is 2.18 bits per heavy atom. The lowest BCUT2D eigenvalue weighted by molar-refractivity contribution is -0.137. The summed E-state index contributed by atoms with van der Waals surface area (Å²) in [5.74, 6) is -0.299. The summed E-state index contributed by atoms with van der Waals surface area (Å²) in [5, 5.41) is 29.2. The Balaban J connectivity index is 1.76. The van der Waals surface area contributed by atoms with Crippen LogP contribution in [0.4, 0.5) is 0 Å². The highest BCUT2D eigenvalue weighted by Gasteiger charge is 2.32. The fraction of sp³-hybridized carbons (Fsp3) is 0.591. The van der Waals surface area contributed by atoms with Gasteiger partial charge in [-0.1, -0.05) is 24.3 Å². The second kappa shape index (κ2) is 11.9. The molecule has 3 N–H and O–H groups in total. The predicted octanol–water partition coefficient (Wildman–Crippen LogP) is 5.26. The molecule has 1 saturated carbocycles. The van der Waals surface area contributed by atoms with Crippen LogP contribution in [-0.2, 0) is 11.2 Å². The summed E-state index contributed by atoms with van der Waals surface area (Å²) in [4.78, 5) is 13.1. The van der Waals surface area contributed by atoms with E-state index in [1.54, 1.807) is 11.3 Å². The second-order valence-corrected chi connectivity index (χ2v) is 9.77. The lowest BCUT2D eigenvalue weighted by atomic mass is 9.90. The molecule has 0 radical (unpaired) electrons. The Kier molecular flexibility index (Phi) is 9.92. The molecule has 4 atom stereocenters. The Hall–Kier alpha value is -0.950. The molecule has 0 spiro atoms. The van der Waals surface area contributed by atoms with Crippen LogP contribution in [0.2, 0.25) is 0 Å². The van der Waals surface area contributed by atoms with Gasteiger partial charge in [0.25, 0.3) is 0 Å². The third kappa shape index (κ3) is 7.82. The minimum absolute atomic E-state index is 0.176. The topological polar surface area (TPSA) is 77.8 Å². The Labute approximate surface area is 180 Å². The lowest BCUT2D eigenvalue weighted by Gasteiger charge is -2.18. The van der Waals surface area contributed by atoms with Crippen molar-refractivity contribution in [3.63, 3.8) is 0 Å². The van der Waals surface area contributed by atoms with Crippen molar-refractivity contribution in [2.24, 2.45) is 11.8 Å². The highest BCUT2D eigenvalue weighted by Crippen LogP contribution is 2.36. The van der Waals surface area contributed by atoms with E-state index in [2.05, 4.69) is 41.1 Å². The Morgan fingerprint density at radius 1 is 1.39 bits per heavy atom. The molecule has 1 heterocycles. The first-order valence-corrected chi connectivity index (χ1v) is 11.6. The van der Waals surface area contributed by atoms with E-state index in [0.717, 1.165) is 36.6 Å². The number of carboxylic acids is 1. The summed E-state index contributed by atoms with van der Waals surface area (Å²) in [6.07, 6.45) is 13.0. The van der Waals surface area contributed by atoms with Crippen molar-refractivity contribution < 1.29 is 20.1 Å². The van der Waals surface area contributed by atoms with Crippen molar-refractivity contribution in [3.05, 3.63) is 44.6 Å². The van der Waals surface area contributed by atoms with Crippen LogP contribution in [0.1, 0.15) is 54.7 Å².